The minimum absolute atomic E-state index is 0.0255. The molecular formula is C63H72N8O10. The van der Waals surface area contributed by atoms with Gasteiger partial charge in [0, 0.05) is 55.1 Å². The van der Waals surface area contributed by atoms with Gasteiger partial charge in [-0.15, -0.1) is 0 Å². The molecule has 2 saturated heterocycles. The van der Waals surface area contributed by atoms with Crippen molar-refractivity contribution in [1.82, 2.24) is 36.8 Å². The molecule has 7 atom stereocenters. The molecule has 0 aliphatic carbocycles. The molecular weight excluding hydrogens is 1030 g/mol. The van der Waals surface area contributed by atoms with E-state index in [1.54, 1.807) is 85.8 Å². The maximum Gasteiger partial charge on any atom is 0.246 e. The van der Waals surface area contributed by atoms with Gasteiger partial charge in [-0.3, -0.25) is 33.6 Å². The van der Waals surface area contributed by atoms with E-state index in [1.807, 2.05) is 66.7 Å². The Balaban J connectivity index is 1.23. The molecule has 6 aromatic rings. The molecule has 18 nitrogen and oxygen atoms in total. The molecule has 2 aliphatic heterocycles. The zero-order valence-electron chi connectivity index (χ0n) is 46.0. The molecule has 0 bridgehead atoms. The van der Waals surface area contributed by atoms with Crippen LogP contribution in [0.3, 0.4) is 0 Å². The second-order valence-corrected chi connectivity index (χ2v) is 20.4. The zero-order valence-corrected chi connectivity index (χ0v) is 46.0. The lowest BCUT2D eigenvalue weighted by atomic mass is 9.96. The predicted molar refractivity (Wildman–Crippen MR) is 307 cm³/mol. The van der Waals surface area contributed by atoms with Gasteiger partial charge >= 0.3 is 0 Å². The van der Waals surface area contributed by atoms with Crippen molar-refractivity contribution >= 4 is 52.1 Å². The molecule has 81 heavy (non-hydrogen) atoms. The van der Waals surface area contributed by atoms with E-state index in [4.69, 9.17) is 19.9 Å². The number of unbranched alkanes of at least 4 members (excludes halogenated alkanes) is 1. The second kappa shape index (κ2) is 28.4. The van der Waals surface area contributed by atoms with E-state index in [9.17, 15) is 4.79 Å². The van der Waals surface area contributed by atoms with E-state index < -0.39 is 83.5 Å². The van der Waals surface area contributed by atoms with E-state index in [0.29, 0.717) is 70.9 Å². The third kappa shape index (κ3) is 15.1. The van der Waals surface area contributed by atoms with Gasteiger partial charge in [-0.05, 0) is 79.6 Å². The van der Waals surface area contributed by atoms with Crippen LogP contribution in [0.5, 0.6) is 17.2 Å². The van der Waals surface area contributed by atoms with Crippen molar-refractivity contribution < 1.29 is 47.8 Å². The van der Waals surface area contributed by atoms with Crippen LogP contribution in [-0.4, -0.2) is 116 Å². The number of benzene rings is 6. The summed E-state index contributed by atoms with van der Waals surface area (Å²) in [6.45, 7) is 2.56. The highest BCUT2D eigenvalue weighted by Gasteiger charge is 2.48. The van der Waals surface area contributed by atoms with Crippen LogP contribution in [0.25, 0.3) is 10.8 Å². The van der Waals surface area contributed by atoms with E-state index in [1.165, 1.54) is 19.1 Å². The van der Waals surface area contributed by atoms with Gasteiger partial charge in [0.2, 0.25) is 41.4 Å². The summed E-state index contributed by atoms with van der Waals surface area (Å²) in [5.41, 5.74) is 9.38. The summed E-state index contributed by atoms with van der Waals surface area (Å²) in [7, 11) is 3.02. The van der Waals surface area contributed by atoms with Gasteiger partial charge in [0.05, 0.1) is 20.1 Å². The number of methoxy groups -OCH3 is 2. The molecule has 8 rings (SSSR count). The highest BCUT2D eigenvalue weighted by Crippen LogP contribution is 2.37. The third-order valence-corrected chi connectivity index (χ3v) is 14.8. The summed E-state index contributed by atoms with van der Waals surface area (Å²) in [5, 5.41) is 18.9. The van der Waals surface area contributed by atoms with Gasteiger partial charge in [0.1, 0.15) is 60.1 Å². The number of carbonyl (C=O) groups excluding carboxylic acids is 7. The third-order valence-electron chi connectivity index (χ3n) is 14.8. The van der Waals surface area contributed by atoms with Crippen molar-refractivity contribution in [3.63, 3.8) is 0 Å². The topological polar surface area (TPSA) is 249 Å². The van der Waals surface area contributed by atoms with Crippen molar-refractivity contribution in [3.8, 4) is 17.2 Å². The number of rotatable bonds is 19. The molecule has 2 heterocycles. The van der Waals surface area contributed by atoms with E-state index >= 15 is 28.8 Å². The van der Waals surface area contributed by atoms with E-state index in [0.717, 1.165) is 10.9 Å². The molecule has 0 radical (unpaired) electrons. The molecule has 0 saturated carbocycles. The fourth-order valence-electron chi connectivity index (χ4n) is 10.6. The smallest absolute Gasteiger partial charge is 0.246 e. The molecule has 0 spiro atoms. The van der Waals surface area contributed by atoms with Crippen LogP contribution in [0.4, 0.5) is 0 Å². The summed E-state index contributed by atoms with van der Waals surface area (Å²) < 4.78 is 17.9. The van der Waals surface area contributed by atoms with Crippen molar-refractivity contribution in [3.05, 3.63) is 173 Å². The maximum absolute atomic E-state index is 15.4. The average molecular weight is 1100 g/mol. The molecule has 424 valence electrons. The Kier molecular flexibility index (Phi) is 20.5. The Hall–Kier alpha value is -8.77. The summed E-state index contributed by atoms with van der Waals surface area (Å²) in [4.78, 5) is 106. The van der Waals surface area contributed by atoms with Crippen LogP contribution in [0.2, 0.25) is 0 Å². The Labute approximate surface area is 472 Å². The fourth-order valence-corrected chi connectivity index (χ4v) is 10.6. The van der Waals surface area contributed by atoms with E-state index in [2.05, 4.69) is 31.9 Å². The SMILES string of the molecule is CCNC(=O)C1CCN2C(=O)[C@H](Cc3ccccc3)NC(=O)[C@H](Cc3ccc(OCc4ccccc4)cc3)NC(=O)[C@H](CCCCN)NC(=O)[C@H](Cc3cc(OC)c4ccccc4c3OC)NC(=O)[C@H](Cc3ccccc3)NC(=O)[C@H]12. The standard InChI is InChI=1S/C63H72N8O10/c1-4-65-57(72)48-31-33-71-55(48)62(77)69-51(34-40-18-8-5-9-19-40)59(74)68-52(37-44-38-54(79-2)46-24-14-15-25-47(46)56(44)80-3)61(76)66-49(26-16-17-32-64)58(73)67-50(60(75)70-53(63(71)78)36-41-20-10-6-11-21-41)35-42-27-29-45(30-28-42)81-39-43-22-12-7-13-23-43/h5-15,18-25,27-30,38,48-53,55H,4,16-17,26,31-37,39,64H2,1-3H3,(H,65,72)(H,66,76)(H,67,73)(H,68,74)(H,69,77)(H,70,75)/t48?,49-,50-,51-,52-,53-,55-/m0/s1. The Bertz CT molecular complexity index is 3130. The van der Waals surface area contributed by atoms with Crippen molar-refractivity contribution in [2.75, 3.05) is 33.9 Å². The number of nitrogens with two attached hydrogens (primary N) is 1. The highest BCUT2D eigenvalue weighted by molar-refractivity contribution is 6.01. The molecule has 8 N–H and O–H groups in total. The fraction of sp³-hybridized carbons (Fsp3) is 0.349. The molecule has 6 aromatic carbocycles. The first-order chi connectivity index (χ1) is 39.4. The molecule has 2 fully saturated rings. The minimum Gasteiger partial charge on any atom is -0.496 e. The molecule has 2 aliphatic rings. The molecule has 7 amide bonds. The number of amides is 7. The first kappa shape index (κ1) is 58.4. The molecule has 1 unspecified atom stereocenters. The lowest BCUT2D eigenvalue weighted by molar-refractivity contribution is -0.145. The number of carbonyl (C=O) groups is 7. The quantitative estimate of drug-likeness (QED) is 0.0552. The lowest BCUT2D eigenvalue weighted by Gasteiger charge is -2.33. The number of nitrogens with zero attached hydrogens (tertiary/aromatic N) is 1. The van der Waals surface area contributed by atoms with Crippen LogP contribution >= 0.6 is 0 Å². The van der Waals surface area contributed by atoms with Gasteiger partial charge < -0.3 is 56.7 Å². The normalized spacial score (nSPS) is 21.0. The Morgan fingerprint density at radius 2 is 1.06 bits per heavy atom. The highest BCUT2D eigenvalue weighted by atomic mass is 16.5. The van der Waals surface area contributed by atoms with Crippen LogP contribution in [-0.2, 0) is 65.9 Å². The summed E-state index contributed by atoms with van der Waals surface area (Å²) in [5.74, 6) is -4.45. The lowest BCUT2D eigenvalue weighted by Crippen LogP contribution is -2.63. The number of hydrogen-bond donors (Lipinski definition) is 7. The van der Waals surface area contributed by atoms with Crippen molar-refractivity contribution in [2.24, 2.45) is 11.7 Å². The van der Waals surface area contributed by atoms with Gasteiger partial charge in [-0.1, -0.05) is 127 Å². The van der Waals surface area contributed by atoms with Gasteiger partial charge in [-0.25, -0.2) is 0 Å². The predicted octanol–water partition coefficient (Wildman–Crippen LogP) is 4.63. The van der Waals surface area contributed by atoms with Crippen LogP contribution in [0, 0.1) is 5.92 Å². The Morgan fingerprint density at radius 3 is 1.63 bits per heavy atom. The number of nitrogens with one attached hydrogen (secondary N) is 6. The van der Waals surface area contributed by atoms with Crippen molar-refractivity contribution in [1.29, 1.82) is 0 Å². The summed E-state index contributed by atoms with van der Waals surface area (Å²) >= 11 is 0. The first-order valence-electron chi connectivity index (χ1n) is 27.6. The maximum atomic E-state index is 15.4. The largest absolute Gasteiger partial charge is 0.496 e. The van der Waals surface area contributed by atoms with Crippen LogP contribution < -0.4 is 51.8 Å². The average Bonchev–Trinajstić information content (AvgIpc) is 4.05. The minimum atomic E-state index is -1.44. The second-order valence-electron chi connectivity index (χ2n) is 20.4. The molecule has 0 aromatic heterocycles. The Morgan fingerprint density at radius 1 is 0.568 bits per heavy atom. The van der Waals surface area contributed by atoms with Gasteiger partial charge in [0.15, 0.2) is 0 Å². The zero-order chi connectivity index (χ0) is 57.3. The first-order valence-corrected chi connectivity index (χ1v) is 27.6. The summed E-state index contributed by atoms with van der Waals surface area (Å²) in [6.07, 6.45) is 0.742. The number of fused-ring (bicyclic) bond motifs is 2. The van der Waals surface area contributed by atoms with Crippen molar-refractivity contribution in [2.45, 2.75) is 101 Å². The number of hydrogen-bond acceptors (Lipinski definition) is 11. The monoisotopic (exact) mass is 1100 g/mol. The van der Waals surface area contributed by atoms with Crippen LogP contribution in [0.15, 0.2) is 146 Å². The van der Waals surface area contributed by atoms with E-state index in [-0.39, 0.29) is 51.6 Å². The number of ether oxygens (including phenoxy) is 3. The van der Waals surface area contributed by atoms with Crippen LogP contribution in [0.1, 0.15) is 60.4 Å². The van der Waals surface area contributed by atoms with Gasteiger partial charge in [-0.2, -0.15) is 0 Å². The summed E-state index contributed by atoms with van der Waals surface area (Å²) in [6, 6.07) is 35.7. The molecule has 18 heteroatoms. The van der Waals surface area contributed by atoms with Gasteiger partial charge in [0.25, 0.3) is 0 Å².